The molecule has 3 aliphatic heterocycles. The van der Waals surface area contributed by atoms with Crippen molar-refractivity contribution in [2.24, 2.45) is 15.2 Å². The number of ether oxygens (including phenoxy) is 1. The molecule has 1 saturated heterocycles. The number of pyridine rings is 1. The molecule has 1 unspecified atom stereocenters. The molecule has 1 aromatic carbocycles. The number of amidine groups is 1. The summed E-state index contributed by atoms with van der Waals surface area (Å²) in [5.74, 6) is -1.65. The molecule has 3 aromatic rings. The number of hydrogen-bond donors (Lipinski definition) is 0. The molecular formula is C37H37ClF6N6O4S. The van der Waals surface area contributed by atoms with Gasteiger partial charge >= 0.3 is 12.4 Å². The molecule has 10 nitrogen and oxygen atoms in total. The van der Waals surface area contributed by atoms with Crippen molar-refractivity contribution >= 4 is 46.4 Å². The highest BCUT2D eigenvalue weighted by Gasteiger charge is 2.57. The molecule has 1 fully saturated rings. The van der Waals surface area contributed by atoms with Crippen molar-refractivity contribution in [3.63, 3.8) is 0 Å². The van der Waals surface area contributed by atoms with E-state index in [9.17, 15) is 35.9 Å². The first kappa shape index (κ1) is 40.3. The van der Waals surface area contributed by atoms with Crippen LogP contribution in [0, 0.1) is 0 Å². The van der Waals surface area contributed by atoms with Crippen LogP contribution in [0.5, 0.6) is 5.75 Å². The number of likely N-dealkylation sites (tertiary alicyclic amines) is 1. The number of Topliss-reactive ketones (excluding diaryl/α,β-unsaturated/α-hetero) is 1. The second kappa shape index (κ2) is 16.4. The van der Waals surface area contributed by atoms with Crippen molar-refractivity contribution in [2.75, 3.05) is 19.8 Å². The monoisotopic (exact) mass is 810 g/mol. The van der Waals surface area contributed by atoms with Gasteiger partial charge < -0.3 is 14.5 Å². The van der Waals surface area contributed by atoms with Crippen LogP contribution in [-0.2, 0) is 28.4 Å². The van der Waals surface area contributed by atoms with Gasteiger partial charge in [0.2, 0.25) is 5.60 Å². The average Bonchev–Trinajstić information content (AvgIpc) is 3.85. The number of azo groups is 1. The zero-order valence-corrected chi connectivity index (χ0v) is 31.2. The highest BCUT2D eigenvalue weighted by atomic mass is 35.5. The number of fused-ring (bicyclic) bond motifs is 1. The lowest BCUT2D eigenvalue weighted by molar-refractivity contribution is -0.163. The topological polar surface area (TPSA) is 117 Å². The summed E-state index contributed by atoms with van der Waals surface area (Å²) in [5, 5.41) is 9.30. The largest absolute Gasteiger partial charge is 0.474 e. The maximum absolute atomic E-state index is 15.4. The van der Waals surface area contributed by atoms with Crippen molar-refractivity contribution in [3.05, 3.63) is 80.3 Å². The van der Waals surface area contributed by atoms with Crippen molar-refractivity contribution in [3.8, 4) is 5.75 Å². The highest BCUT2D eigenvalue weighted by molar-refractivity contribution is 7.10. The van der Waals surface area contributed by atoms with Crippen LogP contribution in [0.15, 0.2) is 63.2 Å². The van der Waals surface area contributed by atoms with Crippen molar-refractivity contribution < 1.29 is 45.5 Å². The van der Waals surface area contributed by atoms with E-state index >= 15 is 4.79 Å². The van der Waals surface area contributed by atoms with E-state index in [1.807, 2.05) is 0 Å². The molecule has 2 amide bonds. The Hall–Kier alpha value is -4.38. The van der Waals surface area contributed by atoms with Gasteiger partial charge in [-0.2, -0.15) is 31.5 Å². The molecule has 294 valence electrons. The summed E-state index contributed by atoms with van der Waals surface area (Å²) in [7, 11) is 0. The van der Waals surface area contributed by atoms with Crippen LogP contribution >= 0.6 is 22.9 Å². The van der Waals surface area contributed by atoms with Gasteiger partial charge in [-0.3, -0.25) is 19.4 Å². The third-order valence-electron chi connectivity index (χ3n) is 10.1. The normalized spacial score (nSPS) is 21.3. The van der Waals surface area contributed by atoms with E-state index in [0.717, 1.165) is 45.8 Å². The number of piperidine rings is 1. The van der Waals surface area contributed by atoms with E-state index in [4.69, 9.17) is 16.3 Å². The number of halogens is 7. The highest BCUT2D eigenvalue weighted by Crippen LogP contribution is 2.45. The molecular weight excluding hydrogens is 774 g/mol. The summed E-state index contributed by atoms with van der Waals surface area (Å²) < 4.78 is 90.3. The van der Waals surface area contributed by atoms with Gasteiger partial charge in [0.05, 0.1) is 17.6 Å². The van der Waals surface area contributed by atoms with Gasteiger partial charge in [0, 0.05) is 61.4 Å². The summed E-state index contributed by atoms with van der Waals surface area (Å²) >= 11 is 6.71. The smallest absolute Gasteiger partial charge is 0.425 e. The van der Waals surface area contributed by atoms with Crippen molar-refractivity contribution in [2.45, 2.75) is 94.7 Å². The number of benzene rings is 1. The molecule has 0 aliphatic carbocycles. The Labute approximate surface area is 321 Å². The fraction of sp³-hybridized carbons (Fsp3) is 0.486. The molecule has 0 radical (unpaired) electrons. The molecule has 2 aromatic heterocycles. The minimum atomic E-state index is -4.92. The maximum Gasteiger partial charge on any atom is 0.425 e. The predicted molar refractivity (Wildman–Crippen MR) is 191 cm³/mol. The first-order chi connectivity index (χ1) is 26.1. The van der Waals surface area contributed by atoms with Gasteiger partial charge in [0.15, 0.2) is 6.67 Å². The van der Waals surface area contributed by atoms with Crippen LogP contribution in [0.2, 0.25) is 5.02 Å². The summed E-state index contributed by atoms with van der Waals surface area (Å²) in [4.78, 5) is 52.4. The Morgan fingerprint density at radius 2 is 1.82 bits per heavy atom. The van der Waals surface area contributed by atoms with Gasteiger partial charge in [-0.05, 0) is 61.1 Å². The molecule has 0 saturated carbocycles. The molecule has 55 heavy (non-hydrogen) atoms. The zero-order chi connectivity index (χ0) is 39.5. The number of carbonyl (C=O) groups is 3. The quantitative estimate of drug-likeness (QED) is 0.169. The van der Waals surface area contributed by atoms with Crippen LogP contribution in [0.25, 0.3) is 0 Å². The molecule has 3 aliphatic rings. The average molecular weight is 811 g/mol. The minimum absolute atomic E-state index is 0.0527. The Kier molecular flexibility index (Phi) is 12.0. The number of ketones is 1. The maximum atomic E-state index is 15.4. The molecule has 18 heteroatoms. The number of amides is 2. The SMILES string of the molecule is CCC[C@H]1N(C(=O)c2ncccc2C(F)(F)F)CCC[C@@]1(Oc1csc(C(F)(F)F)c1)C(=O)N1CCc2cc(Cl)ccc2C1CCC(=O)CCC1=NCN=N1. The number of aromatic nitrogens is 1. The Balaban J connectivity index is 1.41. The van der Waals surface area contributed by atoms with Crippen LogP contribution in [0.4, 0.5) is 26.3 Å². The summed E-state index contributed by atoms with van der Waals surface area (Å²) in [6, 6.07) is 5.87. The van der Waals surface area contributed by atoms with Crippen LogP contribution < -0.4 is 4.74 Å². The van der Waals surface area contributed by atoms with Crippen molar-refractivity contribution in [1.82, 2.24) is 14.8 Å². The van der Waals surface area contributed by atoms with Gasteiger partial charge in [-0.1, -0.05) is 31.0 Å². The number of hydrogen-bond acceptors (Lipinski definition) is 9. The van der Waals surface area contributed by atoms with Crippen LogP contribution in [0.3, 0.4) is 0 Å². The first-order valence-electron chi connectivity index (χ1n) is 17.8. The number of carbonyl (C=O) groups excluding carboxylic acids is 3. The van der Waals surface area contributed by atoms with Gasteiger partial charge in [-0.15, -0.1) is 16.5 Å². The second-order valence-electron chi connectivity index (χ2n) is 13.6. The van der Waals surface area contributed by atoms with Gasteiger partial charge in [-0.25, -0.2) is 4.99 Å². The lowest BCUT2D eigenvalue weighted by atomic mass is 9.78. The molecule has 0 spiro atoms. The molecule has 0 N–H and O–H groups in total. The van der Waals surface area contributed by atoms with E-state index in [1.165, 1.54) is 4.90 Å². The molecule has 0 bridgehead atoms. The summed E-state index contributed by atoms with van der Waals surface area (Å²) in [6.07, 6.45) is -7.15. The Morgan fingerprint density at radius 1 is 1.02 bits per heavy atom. The van der Waals surface area contributed by atoms with Gasteiger partial charge in [0.1, 0.15) is 27.9 Å². The predicted octanol–water partition coefficient (Wildman–Crippen LogP) is 9.13. The fourth-order valence-electron chi connectivity index (χ4n) is 7.61. The van der Waals surface area contributed by atoms with Crippen LogP contribution in [0.1, 0.15) is 96.4 Å². The standard InChI is InChI=1S/C37H37ClF6N6O4S/c1-2-5-29-35(54-25-19-30(55-20-25)37(42,43)44,14-4-16-50(29)33(52)32-27(36(39,40)41)6-3-15-45-32)34(53)49-17-13-22-18-23(38)7-10-26(22)28(49)11-8-24(51)9-12-31-46-21-47-48-31/h3,6-7,10,15,18-20,28-29H,2,4-5,8-9,11-14,16-17,21H2,1H3/t28?,29-,35+/m1/s1. The Morgan fingerprint density at radius 3 is 2.51 bits per heavy atom. The minimum Gasteiger partial charge on any atom is -0.474 e. The number of thiophene rings is 1. The fourth-order valence-corrected chi connectivity index (χ4v) is 8.49. The number of rotatable bonds is 12. The van der Waals surface area contributed by atoms with E-state index in [0.29, 0.717) is 41.5 Å². The van der Waals surface area contributed by atoms with E-state index < -0.39 is 58.0 Å². The zero-order valence-electron chi connectivity index (χ0n) is 29.6. The lowest BCUT2D eigenvalue weighted by Crippen LogP contribution is -2.68. The third-order valence-corrected chi connectivity index (χ3v) is 11.3. The first-order valence-corrected chi connectivity index (χ1v) is 19.1. The Bertz CT molecular complexity index is 1990. The molecule has 5 heterocycles. The van der Waals surface area contributed by atoms with E-state index in [-0.39, 0.29) is 69.8 Å². The van der Waals surface area contributed by atoms with Crippen LogP contribution in [-0.4, -0.2) is 69.6 Å². The number of nitrogens with zero attached hydrogens (tertiary/aromatic N) is 6. The van der Waals surface area contributed by atoms with Gasteiger partial charge in [0.25, 0.3) is 11.8 Å². The third kappa shape index (κ3) is 8.72. The summed E-state index contributed by atoms with van der Waals surface area (Å²) in [6.45, 7) is 2.02. The van der Waals surface area contributed by atoms with Crippen molar-refractivity contribution in [1.29, 1.82) is 0 Å². The van der Waals surface area contributed by atoms with E-state index in [2.05, 4.69) is 20.2 Å². The second-order valence-corrected chi connectivity index (χ2v) is 14.9. The number of aliphatic imine (C=N–C) groups is 1. The number of alkyl halides is 6. The lowest BCUT2D eigenvalue weighted by Gasteiger charge is -2.51. The molecule has 6 rings (SSSR count). The molecule has 3 atom stereocenters. The summed E-state index contributed by atoms with van der Waals surface area (Å²) in [5.41, 5.74) is -2.59. The van der Waals surface area contributed by atoms with E-state index in [1.54, 1.807) is 25.1 Å².